The molecule has 0 saturated carbocycles. The summed E-state index contributed by atoms with van der Waals surface area (Å²) in [5.74, 6) is -0.328. The summed E-state index contributed by atoms with van der Waals surface area (Å²) in [7, 11) is -3.72. The molecule has 8 heteroatoms. The zero-order valence-electron chi connectivity index (χ0n) is 18.8. The third-order valence-electron chi connectivity index (χ3n) is 5.87. The first-order valence-corrected chi connectivity index (χ1v) is 13.0. The smallest absolute Gasteiger partial charge is 0.251 e. The SMILES string of the molecule is CCN(CC)Cc1cccc(CNC(=O)c2ccc(Cl)c(S(=O)(=O)N3CCCCC3)c2)c1. The molecule has 0 atom stereocenters. The number of hydrogen-bond acceptors (Lipinski definition) is 4. The van der Waals surface area contributed by atoms with Gasteiger partial charge < -0.3 is 5.32 Å². The van der Waals surface area contributed by atoms with Crippen molar-refractivity contribution in [2.75, 3.05) is 26.2 Å². The Hall–Kier alpha value is -1.93. The van der Waals surface area contributed by atoms with Crippen LogP contribution in [0.3, 0.4) is 0 Å². The van der Waals surface area contributed by atoms with Gasteiger partial charge in [0, 0.05) is 31.7 Å². The molecule has 3 rings (SSSR count). The molecular formula is C24H32ClN3O3S. The molecule has 0 spiro atoms. The highest BCUT2D eigenvalue weighted by atomic mass is 35.5. The quantitative estimate of drug-likeness (QED) is 0.585. The van der Waals surface area contributed by atoms with Crippen molar-refractivity contribution in [3.05, 3.63) is 64.2 Å². The molecule has 1 aliphatic heterocycles. The van der Waals surface area contributed by atoms with E-state index in [0.29, 0.717) is 19.6 Å². The predicted octanol–water partition coefficient (Wildman–Crippen LogP) is 4.29. The number of carbonyl (C=O) groups is 1. The van der Waals surface area contributed by atoms with Gasteiger partial charge in [-0.3, -0.25) is 9.69 Å². The van der Waals surface area contributed by atoms with E-state index in [1.165, 1.54) is 22.0 Å². The van der Waals surface area contributed by atoms with Gasteiger partial charge in [-0.1, -0.05) is 56.1 Å². The van der Waals surface area contributed by atoms with Crippen molar-refractivity contribution in [3.63, 3.8) is 0 Å². The topological polar surface area (TPSA) is 69.7 Å². The van der Waals surface area contributed by atoms with Crippen LogP contribution in [0.25, 0.3) is 0 Å². The maximum Gasteiger partial charge on any atom is 0.251 e. The van der Waals surface area contributed by atoms with E-state index in [1.807, 2.05) is 12.1 Å². The van der Waals surface area contributed by atoms with Crippen molar-refractivity contribution in [3.8, 4) is 0 Å². The van der Waals surface area contributed by atoms with Gasteiger partial charge in [0.2, 0.25) is 10.0 Å². The number of halogens is 1. The van der Waals surface area contributed by atoms with Gasteiger partial charge in [-0.2, -0.15) is 4.31 Å². The molecule has 1 heterocycles. The van der Waals surface area contributed by atoms with Gasteiger partial charge in [0.05, 0.1) is 5.02 Å². The van der Waals surface area contributed by atoms with Crippen molar-refractivity contribution in [2.45, 2.75) is 51.1 Å². The fourth-order valence-corrected chi connectivity index (χ4v) is 5.93. The standard InChI is InChI=1S/C24H32ClN3O3S/c1-3-27(4-2)18-20-10-8-9-19(15-20)17-26-24(29)21-11-12-22(25)23(16-21)32(30,31)28-13-6-5-7-14-28/h8-12,15-16H,3-7,13-14,17-18H2,1-2H3,(H,26,29). The molecular weight excluding hydrogens is 446 g/mol. The van der Waals surface area contributed by atoms with Gasteiger partial charge in [-0.25, -0.2) is 8.42 Å². The minimum Gasteiger partial charge on any atom is -0.348 e. The molecule has 0 unspecified atom stereocenters. The summed E-state index contributed by atoms with van der Waals surface area (Å²) in [6.45, 7) is 8.44. The number of rotatable bonds is 9. The first kappa shape index (κ1) is 24.7. The number of hydrogen-bond donors (Lipinski definition) is 1. The van der Waals surface area contributed by atoms with Gasteiger partial charge >= 0.3 is 0 Å². The van der Waals surface area contributed by atoms with Crippen LogP contribution in [0.2, 0.25) is 5.02 Å². The summed E-state index contributed by atoms with van der Waals surface area (Å²) in [4.78, 5) is 15.1. The first-order chi connectivity index (χ1) is 15.3. The Kier molecular flexibility index (Phi) is 8.71. The lowest BCUT2D eigenvalue weighted by Crippen LogP contribution is -2.36. The largest absolute Gasteiger partial charge is 0.348 e. The fraction of sp³-hybridized carbons (Fsp3) is 0.458. The molecule has 6 nitrogen and oxygen atoms in total. The van der Waals surface area contributed by atoms with Crippen LogP contribution in [0.15, 0.2) is 47.4 Å². The number of amides is 1. The maximum absolute atomic E-state index is 13.0. The third-order valence-corrected chi connectivity index (χ3v) is 8.25. The Bertz CT molecular complexity index is 1030. The van der Waals surface area contributed by atoms with E-state index in [1.54, 1.807) is 6.07 Å². The molecule has 174 valence electrons. The van der Waals surface area contributed by atoms with Crippen LogP contribution in [-0.4, -0.2) is 49.7 Å². The molecule has 1 N–H and O–H groups in total. The highest BCUT2D eigenvalue weighted by Gasteiger charge is 2.28. The average Bonchev–Trinajstić information content (AvgIpc) is 2.82. The summed E-state index contributed by atoms with van der Waals surface area (Å²) >= 11 is 6.22. The van der Waals surface area contributed by atoms with Crippen LogP contribution < -0.4 is 5.32 Å². The summed E-state index contributed by atoms with van der Waals surface area (Å²) in [5.41, 5.74) is 2.48. The van der Waals surface area contributed by atoms with Gasteiger partial charge in [0.25, 0.3) is 5.91 Å². The second kappa shape index (κ2) is 11.3. The van der Waals surface area contributed by atoms with Crippen molar-refractivity contribution in [2.24, 2.45) is 0 Å². The lowest BCUT2D eigenvalue weighted by atomic mass is 10.1. The Balaban J connectivity index is 1.70. The molecule has 0 aliphatic carbocycles. The van der Waals surface area contributed by atoms with E-state index in [-0.39, 0.29) is 21.4 Å². The molecule has 1 aliphatic rings. The van der Waals surface area contributed by atoms with Crippen LogP contribution in [0, 0.1) is 0 Å². The number of nitrogens with zero attached hydrogens (tertiary/aromatic N) is 2. The van der Waals surface area contributed by atoms with Crippen LogP contribution >= 0.6 is 11.6 Å². The summed E-state index contributed by atoms with van der Waals surface area (Å²) in [6.07, 6.45) is 2.70. The third kappa shape index (κ3) is 6.10. The molecule has 1 amide bonds. The van der Waals surface area contributed by atoms with E-state index < -0.39 is 10.0 Å². The molecule has 0 radical (unpaired) electrons. The fourth-order valence-electron chi connectivity index (χ4n) is 3.91. The highest BCUT2D eigenvalue weighted by molar-refractivity contribution is 7.89. The van der Waals surface area contributed by atoms with Crippen LogP contribution in [0.1, 0.15) is 54.6 Å². The van der Waals surface area contributed by atoms with Gasteiger partial charge in [0.1, 0.15) is 4.90 Å². The molecule has 32 heavy (non-hydrogen) atoms. The van der Waals surface area contributed by atoms with Crippen LogP contribution in [0.4, 0.5) is 0 Å². The van der Waals surface area contributed by atoms with Crippen LogP contribution in [-0.2, 0) is 23.1 Å². The Morgan fingerprint density at radius 1 is 1.03 bits per heavy atom. The van der Waals surface area contributed by atoms with Crippen molar-refractivity contribution < 1.29 is 13.2 Å². The second-order valence-electron chi connectivity index (χ2n) is 8.07. The average molecular weight is 478 g/mol. The number of carbonyl (C=O) groups excluding carboxylic acids is 1. The summed E-state index contributed by atoms with van der Waals surface area (Å²) < 4.78 is 27.5. The first-order valence-electron chi connectivity index (χ1n) is 11.2. The molecule has 0 aromatic heterocycles. The van der Waals surface area contributed by atoms with Crippen molar-refractivity contribution in [1.82, 2.24) is 14.5 Å². The second-order valence-corrected chi connectivity index (χ2v) is 10.4. The van der Waals surface area contributed by atoms with E-state index in [0.717, 1.165) is 44.5 Å². The van der Waals surface area contributed by atoms with Gasteiger partial charge in [-0.15, -0.1) is 0 Å². The monoisotopic (exact) mass is 477 g/mol. The number of nitrogens with one attached hydrogen (secondary N) is 1. The maximum atomic E-state index is 13.0. The Morgan fingerprint density at radius 2 is 1.72 bits per heavy atom. The van der Waals surface area contributed by atoms with E-state index in [4.69, 9.17) is 11.6 Å². The number of piperidine rings is 1. The van der Waals surface area contributed by atoms with Gasteiger partial charge in [0.15, 0.2) is 0 Å². The molecule has 1 fully saturated rings. The normalized spacial score (nSPS) is 15.1. The lowest BCUT2D eigenvalue weighted by Gasteiger charge is -2.26. The Morgan fingerprint density at radius 3 is 2.41 bits per heavy atom. The van der Waals surface area contributed by atoms with E-state index >= 15 is 0 Å². The summed E-state index contributed by atoms with van der Waals surface area (Å²) in [6, 6.07) is 12.6. The number of sulfonamides is 1. The summed E-state index contributed by atoms with van der Waals surface area (Å²) in [5, 5.41) is 3.03. The zero-order valence-corrected chi connectivity index (χ0v) is 20.4. The Labute approximate surface area is 196 Å². The number of benzene rings is 2. The van der Waals surface area contributed by atoms with Crippen LogP contribution in [0.5, 0.6) is 0 Å². The van der Waals surface area contributed by atoms with Gasteiger partial charge in [-0.05, 0) is 55.3 Å². The lowest BCUT2D eigenvalue weighted by molar-refractivity contribution is 0.0950. The minimum absolute atomic E-state index is 0.00469. The minimum atomic E-state index is -3.72. The molecule has 2 aromatic rings. The zero-order chi connectivity index (χ0) is 23.1. The highest BCUT2D eigenvalue weighted by Crippen LogP contribution is 2.28. The van der Waals surface area contributed by atoms with Crippen molar-refractivity contribution >= 4 is 27.5 Å². The molecule has 1 saturated heterocycles. The predicted molar refractivity (Wildman–Crippen MR) is 128 cm³/mol. The van der Waals surface area contributed by atoms with E-state index in [9.17, 15) is 13.2 Å². The molecule has 2 aromatic carbocycles. The van der Waals surface area contributed by atoms with Crippen molar-refractivity contribution in [1.29, 1.82) is 0 Å². The van der Waals surface area contributed by atoms with E-state index in [2.05, 4.69) is 36.2 Å². The molecule has 0 bridgehead atoms.